The summed E-state index contributed by atoms with van der Waals surface area (Å²) in [7, 11) is 0. The third-order valence-corrected chi connectivity index (χ3v) is 1.81. The molecule has 84 valence electrons. The lowest BCUT2D eigenvalue weighted by atomic mass is 10.4. The number of rotatable bonds is 6. The lowest BCUT2D eigenvalue weighted by molar-refractivity contribution is 0.311. The van der Waals surface area contributed by atoms with Crippen molar-refractivity contribution < 1.29 is 5.11 Å². The minimum atomic E-state index is 0.0980. The smallest absolute Gasteiger partial charge is 0.224 e. The Kier molecular flexibility index (Phi) is 4.83. The van der Waals surface area contributed by atoms with Crippen LogP contribution in [0, 0.1) is 6.92 Å². The zero-order valence-corrected chi connectivity index (χ0v) is 9.25. The molecule has 3 N–H and O–H groups in total. The van der Waals surface area contributed by atoms with Gasteiger partial charge in [-0.15, -0.1) is 0 Å². The van der Waals surface area contributed by atoms with Crippen molar-refractivity contribution in [3.63, 3.8) is 0 Å². The molecule has 1 aromatic heterocycles. The van der Waals surface area contributed by atoms with Crippen LogP contribution in [0.25, 0.3) is 0 Å². The minimum Gasteiger partial charge on any atom is -0.395 e. The van der Waals surface area contributed by atoms with Crippen LogP contribution in [-0.2, 0) is 0 Å². The third kappa shape index (κ3) is 4.12. The van der Waals surface area contributed by atoms with E-state index in [1.54, 1.807) is 0 Å². The molecule has 0 atom stereocenters. The van der Waals surface area contributed by atoms with Crippen LogP contribution in [0.2, 0.25) is 0 Å². The van der Waals surface area contributed by atoms with E-state index in [9.17, 15) is 0 Å². The molecule has 0 radical (unpaired) electrons. The van der Waals surface area contributed by atoms with Crippen molar-refractivity contribution in [1.82, 2.24) is 9.97 Å². The van der Waals surface area contributed by atoms with E-state index in [0.29, 0.717) is 12.5 Å². The van der Waals surface area contributed by atoms with Gasteiger partial charge in [-0.05, 0) is 13.3 Å². The summed E-state index contributed by atoms with van der Waals surface area (Å²) in [5.41, 5.74) is 0.907. The molecule has 0 aliphatic carbocycles. The first-order valence-corrected chi connectivity index (χ1v) is 5.20. The van der Waals surface area contributed by atoms with Gasteiger partial charge in [-0.25, -0.2) is 4.98 Å². The molecule has 0 aliphatic heterocycles. The van der Waals surface area contributed by atoms with Crippen LogP contribution < -0.4 is 10.6 Å². The highest BCUT2D eigenvalue weighted by molar-refractivity contribution is 5.41. The Bertz CT molecular complexity index is 277. The van der Waals surface area contributed by atoms with Gasteiger partial charge in [0.25, 0.3) is 0 Å². The van der Waals surface area contributed by atoms with E-state index >= 15 is 0 Å². The van der Waals surface area contributed by atoms with E-state index < -0.39 is 0 Å². The Balaban J connectivity index is 2.66. The molecule has 5 nitrogen and oxygen atoms in total. The summed E-state index contributed by atoms with van der Waals surface area (Å²) in [4.78, 5) is 8.52. The Hall–Kier alpha value is -1.36. The van der Waals surface area contributed by atoms with Crippen LogP contribution in [0.15, 0.2) is 6.07 Å². The molecule has 0 amide bonds. The first-order chi connectivity index (χ1) is 7.26. The predicted octanol–water partition coefficient (Wildman–Crippen LogP) is 1.01. The lowest BCUT2D eigenvalue weighted by Gasteiger charge is -2.08. The average molecular weight is 210 g/mol. The van der Waals surface area contributed by atoms with Gasteiger partial charge < -0.3 is 15.7 Å². The van der Waals surface area contributed by atoms with Crippen molar-refractivity contribution in [3.05, 3.63) is 11.8 Å². The number of hydrogen-bond donors (Lipinski definition) is 3. The highest BCUT2D eigenvalue weighted by Gasteiger charge is 2.00. The van der Waals surface area contributed by atoms with E-state index in [1.807, 2.05) is 13.0 Å². The maximum atomic E-state index is 8.69. The van der Waals surface area contributed by atoms with E-state index in [4.69, 9.17) is 5.11 Å². The number of aryl methyl sites for hydroxylation is 1. The van der Waals surface area contributed by atoms with Gasteiger partial charge in [-0.2, -0.15) is 4.98 Å². The number of nitrogens with one attached hydrogen (secondary N) is 2. The van der Waals surface area contributed by atoms with Gasteiger partial charge in [0.05, 0.1) is 6.61 Å². The molecule has 0 saturated heterocycles. The summed E-state index contributed by atoms with van der Waals surface area (Å²) in [6.45, 7) is 5.48. The van der Waals surface area contributed by atoms with Crippen LogP contribution in [0.4, 0.5) is 11.8 Å². The first-order valence-electron chi connectivity index (χ1n) is 5.20. The van der Waals surface area contributed by atoms with Gasteiger partial charge in [-0.1, -0.05) is 6.92 Å². The summed E-state index contributed by atoms with van der Waals surface area (Å²) in [5.74, 6) is 1.38. The van der Waals surface area contributed by atoms with Crippen LogP contribution in [0.5, 0.6) is 0 Å². The number of aliphatic hydroxyl groups is 1. The fraction of sp³-hybridized carbons (Fsp3) is 0.600. The summed E-state index contributed by atoms with van der Waals surface area (Å²) in [6, 6.07) is 1.85. The molecule has 0 unspecified atom stereocenters. The summed E-state index contributed by atoms with van der Waals surface area (Å²) in [5, 5.41) is 14.8. The molecule has 5 heteroatoms. The highest BCUT2D eigenvalue weighted by atomic mass is 16.3. The fourth-order valence-electron chi connectivity index (χ4n) is 1.16. The van der Waals surface area contributed by atoms with Gasteiger partial charge in [-0.3, -0.25) is 0 Å². The predicted molar refractivity (Wildman–Crippen MR) is 61.1 cm³/mol. The quantitative estimate of drug-likeness (QED) is 0.653. The number of aromatic nitrogens is 2. The Morgan fingerprint density at radius 2 is 2.07 bits per heavy atom. The van der Waals surface area contributed by atoms with E-state index in [2.05, 4.69) is 27.5 Å². The standard InChI is InChI=1S/C10H18N4O/c1-3-4-12-10-13-8(2)7-9(14-10)11-5-6-15/h7,15H,3-6H2,1-2H3,(H2,11,12,13,14). The molecule has 0 aliphatic rings. The molecule has 1 rings (SSSR count). The monoisotopic (exact) mass is 210 g/mol. The Morgan fingerprint density at radius 1 is 1.27 bits per heavy atom. The molecule has 0 fully saturated rings. The fourth-order valence-corrected chi connectivity index (χ4v) is 1.16. The molecule has 15 heavy (non-hydrogen) atoms. The molecule has 0 bridgehead atoms. The minimum absolute atomic E-state index is 0.0980. The highest BCUT2D eigenvalue weighted by Crippen LogP contribution is 2.08. The molecule has 0 spiro atoms. The number of anilines is 2. The SMILES string of the molecule is CCCNc1nc(C)cc(NCCO)n1. The van der Waals surface area contributed by atoms with Crippen LogP contribution in [0.3, 0.4) is 0 Å². The van der Waals surface area contributed by atoms with E-state index in [1.165, 1.54) is 0 Å². The molecular formula is C10H18N4O. The van der Waals surface area contributed by atoms with Crippen molar-refractivity contribution in [3.8, 4) is 0 Å². The van der Waals surface area contributed by atoms with Crippen molar-refractivity contribution in [2.24, 2.45) is 0 Å². The van der Waals surface area contributed by atoms with Gasteiger partial charge in [0.2, 0.25) is 5.95 Å². The Labute approximate surface area is 90.0 Å². The largest absolute Gasteiger partial charge is 0.395 e. The zero-order chi connectivity index (χ0) is 11.1. The molecule has 1 heterocycles. The van der Waals surface area contributed by atoms with Crippen molar-refractivity contribution in [2.75, 3.05) is 30.3 Å². The van der Waals surface area contributed by atoms with Gasteiger partial charge in [0, 0.05) is 24.8 Å². The number of hydrogen-bond acceptors (Lipinski definition) is 5. The van der Waals surface area contributed by atoms with Gasteiger partial charge in [0.15, 0.2) is 0 Å². The summed E-state index contributed by atoms with van der Waals surface area (Å²) < 4.78 is 0. The first kappa shape index (κ1) is 11.7. The molecule has 1 aromatic rings. The van der Waals surface area contributed by atoms with E-state index in [0.717, 1.165) is 24.5 Å². The second-order valence-corrected chi connectivity index (χ2v) is 3.30. The second-order valence-electron chi connectivity index (χ2n) is 3.30. The van der Waals surface area contributed by atoms with Gasteiger partial charge in [0.1, 0.15) is 5.82 Å². The van der Waals surface area contributed by atoms with Crippen molar-refractivity contribution in [1.29, 1.82) is 0 Å². The number of nitrogens with zero attached hydrogens (tertiary/aromatic N) is 2. The van der Waals surface area contributed by atoms with Crippen LogP contribution >= 0.6 is 0 Å². The van der Waals surface area contributed by atoms with Crippen molar-refractivity contribution >= 4 is 11.8 Å². The molecule has 0 aromatic carbocycles. The Morgan fingerprint density at radius 3 is 2.73 bits per heavy atom. The lowest BCUT2D eigenvalue weighted by Crippen LogP contribution is -2.10. The molecular weight excluding hydrogens is 192 g/mol. The topological polar surface area (TPSA) is 70.1 Å². The number of aliphatic hydroxyl groups excluding tert-OH is 1. The normalized spacial score (nSPS) is 10.1. The maximum absolute atomic E-state index is 8.69. The summed E-state index contributed by atoms with van der Waals surface area (Å²) in [6.07, 6.45) is 1.04. The van der Waals surface area contributed by atoms with Gasteiger partial charge >= 0.3 is 0 Å². The second kappa shape index (κ2) is 6.19. The molecule has 0 saturated carbocycles. The zero-order valence-electron chi connectivity index (χ0n) is 9.25. The third-order valence-electron chi connectivity index (χ3n) is 1.81. The average Bonchev–Trinajstić information content (AvgIpc) is 2.23. The van der Waals surface area contributed by atoms with Crippen molar-refractivity contribution in [2.45, 2.75) is 20.3 Å². The van der Waals surface area contributed by atoms with E-state index in [-0.39, 0.29) is 6.61 Å². The van der Waals surface area contributed by atoms with Crippen LogP contribution in [0.1, 0.15) is 19.0 Å². The van der Waals surface area contributed by atoms with Crippen LogP contribution in [-0.4, -0.2) is 34.8 Å². The summed E-state index contributed by atoms with van der Waals surface area (Å²) >= 11 is 0. The maximum Gasteiger partial charge on any atom is 0.224 e.